The van der Waals surface area contributed by atoms with Gasteiger partial charge in [0.2, 0.25) is 11.0 Å². The van der Waals surface area contributed by atoms with E-state index in [0.29, 0.717) is 22.3 Å². The lowest BCUT2D eigenvalue weighted by Gasteiger charge is -2.03. The number of hydrogen-bond donors (Lipinski definition) is 2. The third kappa shape index (κ3) is 3.67. The normalized spacial score (nSPS) is 10.5. The number of halogens is 1. The number of amides is 1. The molecule has 23 heavy (non-hydrogen) atoms. The van der Waals surface area contributed by atoms with E-state index in [-0.39, 0.29) is 0 Å². The number of benzene rings is 2. The molecule has 0 aliphatic carbocycles. The number of nitrogens with two attached hydrogens (primary N) is 1. The van der Waals surface area contributed by atoms with Crippen LogP contribution in [0.15, 0.2) is 48.5 Å². The quantitative estimate of drug-likeness (QED) is 0.741. The average molecular weight is 345 g/mol. The summed E-state index contributed by atoms with van der Waals surface area (Å²) in [6, 6.07) is 14.6. The molecule has 1 aromatic heterocycles. The van der Waals surface area contributed by atoms with Crippen molar-refractivity contribution >= 4 is 34.0 Å². The van der Waals surface area contributed by atoms with E-state index in [9.17, 15) is 4.79 Å². The van der Waals surface area contributed by atoms with E-state index in [1.54, 1.807) is 12.1 Å². The summed E-state index contributed by atoms with van der Waals surface area (Å²) in [6.07, 6.45) is 0. The van der Waals surface area contributed by atoms with E-state index in [2.05, 4.69) is 15.5 Å². The Bertz CT molecular complexity index is 832. The Kier molecular flexibility index (Phi) is 4.55. The first-order valence-electron chi connectivity index (χ1n) is 6.84. The molecule has 116 valence electrons. The van der Waals surface area contributed by atoms with Crippen LogP contribution in [0.1, 0.15) is 15.9 Å². The maximum Gasteiger partial charge on any atom is 0.248 e. The fourth-order valence-electron chi connectivity index (χ4n) is 2.00. The predicted molar refractivity (Wildman–Crippen MR) is 92.6 cm³/mol. The monoisotopic (exact) mass is 344 g/mol. The fraction of sp³-hybridized carbons (Fsp3) is 0.0625. The largest absolute Gasteiger partial charge is 0.366 e. The van der Waals surface area contributed by atoms with Crippen molar-refractivity contribution in [3.8, 4) is 10.6 Å². The molecular weight excluding hydrogens is 332 g/mol. The molecule has 0 radical (unpaired) electrons. The van der Waals surface area contributed by atoms with Crippen molar-refractivity contribution in [3.05, 3.63) is 64.7 Å². The Morgan fingerprint density at radius 3 is 2.57 bits per heavy atom. The van der Waals surface area contributed by atoms with E-state index in [1.165, 1.54) is 11.3 Å². The zero-order chi connectivity index (χ0) is 16.2. The molecule has 0 saturated heterocycles. The maximum atomic E-state index is 11.0. The smallest absolute Gasteiger partial charge is 0.248 e. The molecule has 0 unspecified atom stereocenters. The molecule has 2 aromatic carbocycles. The first-order chi connectivity index (χ1) is 11.1. The summed E-state index contributed by atoms with van der Waals surface area (Å²) in [6.45, 7) is 0.580. The number of hydrogen-bond acceptors (Lipinski definition) is 5. The van der Waals surface area contributed by atoms with Crippen LogP contribution in [-0.2, 0) is 6.54 Å². The highest BCUT2D eigenvalue weighted by molar-refractivity contribution is 7.18. The Balaban J connectivity index is 1.68. The number of aromatic nitrogens is 2. The summed E-state index contributed by atoms with van der Waals surface area (Å²) >= 11 is 7.60. The van der Waals surface area contributed by atoms with Crippen molar-refractivity contribution in [2.75, 3.05) is 5.32 Å². The van der Waals surface area contributed by atoms with Crippen LogP contribution in [0.2, 0.25) is 5.02 Å². The number of carbonyl (C=O) groups excluding carboxylic acids is 1. The molecule has 3 aromatic rings. The van der Waals surface area contributed by atoms with Crippen molar-refractivity contribution in [2.24, 2.45) is 5.73 Å². The number of carbonyl (C=O) groups is 1. The minimum absolute atomic E-state index is 0.432. The third-order valence-corrected chi connectivity index (χ3v) is 4.46. The second kappa shape index (κ2) is 6.76. The van der Waals surface area contributed by atoms with Crippen LogP contribution in [-0.4, -0.2) is 16.1 Å². The summed E-state index contributed by atoms with van der Waals surface area (Å²) in [5.74, 6) is -0.432. The van der Waals surface area contributed by atoms with Crippen LogP contribution in [0.4, 0.5) is 5.13 Å². The van der Waals surface area contributed by atoms with Gasteiger partial charge in [0.15, 0.2) is 5.01 Å². The highest BCUT2D eigenvalue weighted by atomic mass is 35.5. The van der Waals surface area contributed by atoms with E-state index in [1.807, 2.05) is 36.4 Å². The van der Waals surface area contributed by atoms with Crippen LogP contribution in [0.25, 0.3) is 10.6 Å². The molecule has 7 heteroatoms. The van der Waals surface area contributed by atoms with E-state index in [0.717, 1.165) is 16.1 Å². The van der Waals surface area contributed by atoms with Crippen molar-refractivity contribution in [3.63, 3.8) is 0 Å². The molecule has 0 spiro atoms. The third-order valence-electron chi connectivity index (χ3n) is 3.21. The summed E-state index contributed by atoms with van der Waals surface area (Å²) in [5, 5.41) is 13.6. The molecule has 0 atom stereocenters. The topological polar surface area (TPSA) is 80.9 Å². The van der Waals surface area contributed by atoms with Gasteiger partial charge in [0.05, 0.1) is 5.02 Å². The zero-order valence-corrected chi connectivity index (χ0v) is 13.6. The van der Waals surface area contributed by atoms with E-state index in [4.69, 9.17) is 17.3 Å². The molecular formula is C16H13ClN4OS. The summed E-state index contributed by atoms with van der Waals surface area (Å²) in [5.41, 5.74) is 7.59. The van der Waals surface area contributed by atoms with Crippen molar-refractivity contribution < 1.29 is 4.79 Å². The zero-order valence-electron chi connectivity index (χ0n) is 12.0. The lowest BCUT2D eigenvalue weighted by Crippen LogP contribution is -2.10. The van der Waals surface area contributed by atoms with Crippen LogP contribution in [0, 0.1) is 0 Å². The van der Waals surface area contributed by atoms with Crippen molar-refractivity contribution in [1.29, 1.82) is 0 Å². The van der Waals surface area contributed by atoms with Crippen LogP contribution in [0.5, 0.6) is 0 Å². The van der Waals surface area contributed by atoms with Gasteiger partial charge < -0.3 is 11.1 Å². The lowest BCUT2D eigenvalue weighted by molar-refractivity contribution is 0.100. The Morgan fingerprint density at radius 1 is 1.13 bits per heavy atom. The second-order valence-corrected chi connectivity index (χ2v) is 6.19. The van der Waals surface area contributed by atoms with Crippen LogP contribution < -0.4 is 11.1 Å². The first kappa shape index (κ1) is 15.5. The number of primary amides is 1. The molecule has 3 N–H and O–H groups in total. The Hall–Kier alpha value is -2.44. The number of rotatable bonds is 5. The van der Waals surface area contributed by atoms with Crippen LogP contribution >= 0.6 is 22.9 Å². The van der Waals surface area contributed by atoms with E-state index < -0.39 is 5.91 Å². The molecule has 0 fully saturated rings. The molecule has 0 bridgehead atoms. The Morgan fingerprint density at radius 2 is 1.87 bits per heavy atom. The van der Waals surface area contributed by atoms with Gasteiger partial charge in [-0.05, 0) is 23.8 Å². The molecule has 5 nitrogen and oxygen atoms in total. The van der Waals surface area contributed by atoms with Crippen molar-refractivity contribution in [1.82, 2.24) is 10.2 Å². The SMILES string of the molecule is NC(=O)c1ccc(CNc2nnc(-c3ccccc3Cl)s2)cc1. The van der Waals surface area contributed by atoms with Gasteiger partial charge in [-0.1, -0.05) is 53.3 Å². The Labute approximate surface area is 142 Å². The number of nitrogens with one attached hydrogen (secondary N) is 1. The van der Waals surface area contributed by atoms with Gasteiger partial charge in [-0.2, -0.15) is 0 Å². The predicted octanol–water partition coefficient (Wildman–Crippen LogP) is 3.57. The summed E-state index contributed by atoms with van der Waals surface area (Å²) in [7, 11) is 0. The minimum atomic E-state index is -0.432. The van der Waals surface area contributed by atoms with Crippen LogP contribution in [0.3, 0.4) is 0 Å². The lowest BCUT2D eigenvalue weighted by atomic mass is 10.1. The molecule has 0 aliphatic rings. The molecule has 3 rings (SSSR count). The van der Waals surface area contributed by atoms with E-state index >= 15 is 0 Å². The first-order valence-corrected chi connectivity index (χ1v) is 8.04. The van der Waals surface area contributed by atoms with Gasteiger partial charge in [-0.15, -0.1) is 10.2 Å². The molecule has 1 amide bonds. The minimum Gasteiger partial charge on any atom is -0.366 e. The number of anilines is 1. The highest BCUT2D eigenvalue weighted by Crippen LogP contribution is 2.31. The standard InChI is InChI=1S/C16H13ClN4OS/c17-13-4-2-1-3-12(13)15-20-21-16(23-15)19-9-10-5-7-11(8-6-10)14(18)22/h1-8H,9H2,(H2,18,22)(H,19,21). The molecule has 1 heterocycles. The fourth-order valence-corrected chi connectivity index (χ4v) is 3.06. The summed E-state index contributed by atoms with van der Waals surface area (Å²) in [4.78, 5) is 11.0. The molecule has 0 aliphatic heterocycles. The summed E-state index contributed by atoms with van der Waals surface area (Å²) < 4.78 is 0. The van der Waals surface area contributed by atoms with Gasteiger partial charge in [0.1, 0.15) is 0 Å². The maximum absolute atomic E-state index is 11.0. The van der Waals surface area contributed by atoms with Gasteiger partial charge >= 0.3 is 0 Å². The van der Waals surface area contributed by atoms with Gasteiger partial charge in [-0.25, -0.2) is 0 Å². The highest BCUT2D eigenvalue weighted by Gasteiger charge is 2.09. The second-order valence-electron chi connectivity index (χ2n) is 4.81. The van der Waals surface area contributed by atoms with Gasteiger partial charge in [0.25, 0.3) is 0 Å². The van der Waals surface area contributed by atoms with Gasteiger partial charge in [-0.3, -0.25) is 4.79 Å². The van der Waals surface area contributed by atoms with Crippen molar-refractivity contribution in [2.45, 2.75) is 6.54 Å². The number of nitrogens with zero attached hydrogens (tertiary/aromatic N) is 2. The average Bonchev–Trinajstić information content (AvgIpc) is 3.02. The molecule has 0 saturated carbocycles. The van der Waals surface area contributed by atoms with Gasteiger partial charge in [0, 0.05) is 17.7 Å².